The molecule has 4 heteroatoms. The molecule has 1 aliphatic rings. The molecule has 0 aliphatic carbocycles. The third kappa shape index (κ3) is 3.58. The molecule has 1 rings (SSSR count). The van der Waals surface area contributed by atoms with Crippen molar-refractivity contribution < 1.29 is 14.3 Å². The molecule has 64 valence electrons. The van der Waals surface area contributed by atoms with Crippen molar-refractivity contribution in [3.8, 4) is 0 Å². The molecule has 1 heterocycles. The number of carbonyl (C=O) groups excluding carboxylic acids is 1. The van der Waals surface area contributed by atoms with Crippen molar-refractivity contribution >= 4 is 17.0 Å². The van der Waals surface area contributed by atoms with Gasteiger partial charge in [0.2, 0.25) is 0 Å². The summed E-state index contributed by atoms with van der Waals surface area (Å²) in [7, 11) is 0. The maximum absolute atomic E-state index is 10.2. The summed E-state index contributed by atoms with van der Waals surface area (Å²) in [6.07, 6.45) is 1.92. The van der Waals surface area contributed by atoms with Gasteiger partial charge >= 0.3 is 5.43 Å². The number of hydrogen-bond donors (Lipinski definition) is 0. The Morgan fingerprint density at radius 1 is 1.55 bits per heavy atom. The fraction of sp³-hybridized carbons (Fsp3) is 0.857. The highest BCUT2D eigenvalue weighted by Crippen LogP contribution is 2.14. The molecule has 0 unspecified atom stereocenters. The van der Waals surface area contributed by atoms with E-state index >= 15 is 0 Å². The predicted molar refractivity (Wildman–Crippen MR) is 40.7 cm³/mol. The molecule has 0 amide bonds. The van der Waals surface area contributed by atoms with E-state index in [-0.39, 0.29) is 0 Å². The first-order valence-electron chi connectivity index (χ1n) is 3.69. The summed E-state index contributed by atoms with van der Waals surface area (Å²) in [5.41, 5.74) is -0.712. The molecule has 0 bridgehead atoms. The van der Waals surface area contributed by atoms with Crippen LogP contribution in [0.2, 0.25) is 0 Å². The Hall–Kier alpha value is -0.280. The number of ether oxygens (including phenoxy) is 2. The molecule has 1 fully saturated rings. The Kier molecular flexibility index (Phi) is 3.66. The minimum absolute atomic E-state index is 0.436. The first kappa shape index (κ1) is 8.81. The number of hydrogen-bond acceptors (Lipinski definition) is 3. The molecule has 11 heavy (non-hydrogen) atoms. The van der Waals surface area contributed by atoms with Crippen molar-refractivity contribution in [2.45, 2.75) is 12.8 Å². The molecule has 0 aromatic heterocycles. The summed E-state index contributed by atoms with van der Waals surface area (Å²) in [5, 5.41) is 0. The normalized spacial score (nSPS) is 19.7. The molecule has 1 saturated heterocycles. The van der Waals surface area contributed by atoms with Crippen molar-refractivity contribution in [2.75, 3.05) is 19.8 Å². The molecule has 0 N–H and O–H groups in total. The lowest BCUT2D eigenvalue weighted by molar-refractivity contribution is 0.0423. The summed E-state index contributed by atoms with van der Waals surface area (Å²) < 4.78 is 9.79. The Bertz CT molecular complexity index is 132. The highest BCUT2D eigenvalue weighted by atomic mass is 35.5. The Morgan fingerprint density at radius 3 is 2.73 bits per heavy atom. The van der Waals surface area contributed by atoms with Gasteiger partial charge in [0.15, 0.2) is 0 Å². The fourth-order valence-corrected chi connectivity index (χ4v) is 1.16. The number of carbonyl (C=O) groups is 1. The van der Waals surface area contributed by atoms with E-state index in [2.05, 4.69) is 4.74 Å². The summed E-state index contributed by atoms with van der Waals surface area (Å²) in [4.78, 5) is 10.2. The molecule has 0 radical (unpaired) electrons. The summed E-state index contributed by atoms with van der Waals surface area (Å²) >= 11 is 5.00. The highest BCUT2D eigenvalue weighted by Gasteiger charge is 2.14. The second-order valence-corrected chi connectivity index (χ2v) is 2.91. The molecular weight excluding hydrogens is 168 g/mol. The lowest BCUT2D eigenvalue weighted by atomic mass is 10.0. The van der Waals surface area contributed by atoms with Gasteiger partial charge in [0.1, 0.15) is 0 Å². The van der Waals surface area contributed by atoms with E-state index in [1.54, 1.807) is 0 Å². The van der Waals surface area contributed by atoms with Crippen molar-refractivity contribution in [3.05, 3.63) is 0 Å². The van der Waals surface area contributed by atoms with Gasteiger partial charge in [-0.15, -0.1) is 0 Å². The highest BCUT2D eigenvalue weighted by molar-refractivity contribution is 6.61. The summed E-state index contributed by atoms with van der Waals surface area (Å²) in [6, 6.07) is 0. The summed E-state index contributed by atoms with van der Waals surface area (Å²) in [5.74, 6) is 0.437. The van der Waals surface area contributed by atoms with Gasteiger partial charge in [-0.1, -0.05) is 0 Å². The fourth-order valence-electron chi connectivity index (χ4n) is 1.10. The van der Waals surface area contributed by atoms with E-state index in [9.17, 15) is 4.79 Å². The Labute approximate surface area is 70.6 Å². The predicted octanol–water partition coefficient (Wildman–Crippen LogP) is 1.79. The van der Waals surface area contributed by atoms with Crippen molar-refractivity contribution in [1.82, 2.24) is 0 Å². The Morgan fingerprint density at radius 2 is 2.18 bits per heavy atom. The van der Waals surface area contributed by atoms with E-state index < -0.39 is 5.43 Å². The van der Waals surface area contributed by atoms with E-state index in [1.807, 2.05) is 0 Å². The maximum Gasteiger partial charge on any atom is 0.403 e. The van der Waals surface area contributed by atoms with Crippen LogP contribution in [0, 0.1) is 5.92 Å². The average Bonchev–Trinajstić information content (AvgIpc) is 2.03. The molecule has 0 spiro atoms. The lowest BCUT2D eigenvalue weighted by Crippen LogP contribution is -2.20. The zero-order valence-corrected chi connectivity index (χ0v) is 6.97. The van der Waals surface area contributed by atoms with Crippen molar-refractivity contribution in [1.29, 1.82) is 0 Å². The smallest absolute Gasteiger partial charge is 0.403 e. The van der Waals surface area contributed by atoms with Crippen LogP contribution in [0.4, 0.5) is 4.79 Å². The first-order valence-corrected chi connectivity index (χ1v) is 4.07. The average molecular weight is 179 g/mol. The standard InChI is InChI=1S/C7H11ClO3/c8-7(9)11-5-6-1-3-10-4-2-6/h6H,1-5H2. The SMILES string of the molecule is O=C(Cl)OCC1CCOCC1. The molecule has 0 saturated carbocycles. The van der Waals surface area contributed by atoms with Gasteiger partial charge in [-0.3, -0.25) is 0 Å². The van der Waals surface area contributed by atoms with Gasteiger partial charge < -0.3 is 9.47 Å². The molecule has 0 atom stereocenters. The lowest BCUT2D eigenvalue weighted by Gasteiger charge is -2.20. The van der Waals surface area contributed by atoms with Crippen LogP contribution in [-0.4, -0.2) is 25.2 Å². The largest absolute Gasteiger partial charge is 0.453 e. The first-order chi connectivity index (χ1) is 5.29. The van der Waals surface area contributed by atoms with Gasteiger partial charge in [0.25, 0.3) is 0 Å². The van der Waals surface area contributed by atoms with Gasteiger partial charge in [-0.25, -0.2) is 4.79 Å². The third-order valence-electron chi connectivity index (χ3n) is 1.77. The quantitative estimate of drug-likeness (QED) is 0.605. The van der Waals surface area contributed by atoms with Gasteiger partial charge in [0.05, 0.1) is 6.61 Å². The van der Waals surface area contributed by atoms with Gasteiger partial charge in [-0.05, 0) is 18.8 Å². The monoisotopic (exact) mass is 178 g/mol. The zero-order chi connectivity index (χ0) is 8.10. The molecule has 1 aliphatic heterocycles. The van der Waals surface area contributed by atoms with Crippen LogP contribution >= 0.6 is 11.6 Å². The van der Waals surface area contributed by atoms with E-state index in [4.69, 9.17) is 16.3 Å². The van der Waals surface area contributed by atoms with Crippen LogP contribution in [0.1, 0.15) is 12.8 Å². The van der Waals surface area contributed by atoms with Crippen LogP contribution in [0.3, 0.4) is 0 Å². The minimum atomic E-state index is -0.712. The molecular formula is C7H11ClO3. The third-order valence-corrected chi connectivity index (χ3v) is 1.88. The zero-order valence-electron chi connectivity index (χ0n) is 6.22. The Balaban J connectivity index is 2.09. The minimum Gasteiger partial charge on any atom is -0.453 e. The van der Waals surface area contributed by atoms with E-state index in [0.717, 1.165) is 26.1 Å². The van der Waals surface area contributed by atoms with E-state index in [0.29, 0.717) is 12.5 Å². The second kappa shape index (κ2) is 4.57. The van der Waals surface area contributed by atoms with Crippen LogP contribution in [0.5, 0.6) is 0 Å². The second-order valence-electron chi connectivity index (χ2n) is 2.60. The van der Waals surface area contributed by atoms with Crippen LogP contribution in [-0.2, 0) is 9.47 Å². The number of halogens is 1. The summed E-state index contributed by atoms with van der Waals surface area (Å²) in [6.45, 7) is 1.97. The van der Waals surface area contributed by atoms with Crippen LogP contribution in [0.15, 0.2) is 0 Å². The molecule has 0 aromatic carbocycles. The van der Waals surface area contributed by atoms with Crippen molar-refractivity contribution in [2.24, 2.45) is 5.92 Å². The van der Waals surface area contributed by atoms with E-state index in [1.165, 1.54) is 0 Å². The molecule has 3 nitrogen and oxygen atoms in total. The molecule has 0 aromatic rings. The maximum atomic E-state index is 10.2. The van der Waals surface area contributed by atoms with Gasteiger partial charge in [0, 0.05) is 24.8 Å². The van der Waals surface area contributed by atoms with Gasteiger partial charge in [-0.2, -0.15) is 0 Å². The van der Waals surface area contributed by atoms with Crippen LogP contribution in [0.25, 0.3) is 0 Å². The topological polar surface area (TPSA) is 35.5 Å². The number of rotatable bonds is 2. The van der Waals surface area contributed by atoms with Crippen LogP contribution < -0.4 is 0 Å². The van der Waals surface area contributed by atoms with Crippen molar-refractivity contribution in [3.63, 3.8) is 0 Å².